The molecule has 0 aliphatic carbocycles. The van der Waals surface area contributed by atoms with Crippen LogP contribution in [-0.2, 0) is 17.0 Å². The van der Waals surface area contributed by atoms with Gasteiger partial charge in [-0.05, 0) is 30.7 Å². The second-order valence-electron chi connectivity index (χ2n) is 5.93. The Bertz CT molecular complexity index is 1150. The standard InChI is InChI=1S/C18H17ClN4O2S2/c1-25-10-4-9-22-16(24)13-5-2-3-6-14(13)23-17(22)20-21-18(23)26-11-12-7-8-15(19)27-12/h2-3,5-8H,4,9-11H2,1H3. The van der Waals surface area contributed by atoms with Gasteiger partial charge in [-0.3, -0.25) is 13.8 Å². The number of hydrogen-bond donors (Lipinski definition) is 0. The third kappa shape index (κ3) is 3.62. The SMILES string of the molecule is COCCCn1c(=O)c2ccccc2n2c(SCc3ccc(Cl)s3)nnc12. The van der Waals surface area contributed by atoms with Crippen LogP contribution in [0.3, 0.4) is 0 Å². The molecule has 0 saturated carbocycles. The number of halogens is 1. The maximum absolute atomic E-state index is 12.9. The van der Waals surface area contributed by atoms with Crippen molar-refractivity contribution < 1.29 is 4.74 Å². The van der Waals surface area contributed by atoms with Crippen LogP contribution in [0.2, 0.25) is 4.34 Å². The van der Waals surface area contributed by atoms with Gasteiger partial charge in [-0.25, -0.2) is 0 Å². The largest absolute Gasteiger partial charge is 0.385 e. The highest BCUT2D eigenvalue weighted by Crippen LogP contribution is 2.29. The molecule has 0 fully saturated rings. The van der Waals surface area contributed by atoms with Gasteiger partial charge < -0.3 is 4.74 Å². The van der Waals surface area contributed by atoms with Gasteiger partial charge in [-0.2, -0.15) is 0 Å². The van der Waals surface area contributed by atoms with Gasteiger partial charge in [0, 0.05) is 30.9 Å². The number of hydrogen-bond acceptors (Lipinski definition) is 6. The van der Waals surface area contributed by atoms with Gasteiger partial charge in [0.05, 0.1) is 15.2 Å². The first-order chi connectivity index (χ1) is 13.2. The Morgan fingerprint density at radius 1 is 1.22 bits per heavy atom. The fraction of sp³-hybridized carbons (Fsp3) is 0.278. The number of thioether (sulfide) groups is 1. The lowest BCUT2D eigenvalue weighted by atomic mass is 10.2. The van der Waals surface area contributed by atoms with Crippen molar-refractivity contribution in [3.05, 3.63) is 56.0 Å². The second kappa shape index (κ2) is 8.02. The monoisotopic (exact) mass is 420 g/mol. The molecule has 1 aromatic carbocycles. The number of aryl methyl sites for hydroxylation is 1. The summed E-state index contributed by atoms with van der Waals surface area (Å²) in [5.74, 6) is 1.30. The van der Waals surface area contributed by atoms with Crippen molar-refractivity contribution >= 4 is 51.4 Å². The van der Waals surface area contributed by atoms with Crippen molar-refractivity contribution in [1.82, 2.24) is 19.2 Å². The highest BCUT2D eigenvalue weighted by Gasteiger charge is 2.16. The number of nitrogens with zero attached hydrogens (tertiary/aromatic N) is 4. The van der Waals surface area contributed by atoms with E-state index >= 15 is 0 Å². The Labute approximate surface area is 168 Å². The Balaban J connectivity index is 1.80. The summed E-state index contributed by atoms with van der Waals surface area (Å²) in [6.45, 7) is 1.12. The summed E-state index contributed by atoms with van der Waals surface area (Å²) in [5.41, 5.74) is 0.764. The fourth-order valence-electron chi connectivity index (χ4n) is 2.96. The van der Waals surface area contributed by atoms with E-state index in [4.69, 9.17) is 16.3 Å². The zero-order chi connectivity index (χ0) is 18.8. The number of fused-ring (bicyclic) bond motifs is 3. The first kappa shape index (κ1) is 18.5. The smallest absolute Gasteiger partial charge is 0.262 e. The summed E-state index contributed by atoms with van der Waals surface area (Å²) in [6.07, 6.45) is 0.730. The predicted octanol–water partition coefficient (Wildman–Crippen LogP) is 4.09. The number of rotatable bonds is 7. The number of thiophene rings is 1. The van der Waals surface area contributed by atoms with Crippen LogP contribution in [0.5, 0.6) is 0 Å². The molecule has 0 unspecified atom stereocenters. The number of ether oxygens (including phenoxy) is 1. The van der Waals surface area contributed by atoms with Crippen LogP contribution in [0.25, 0.3) is 16.7 Å². The molecule has 4 aromatic rings. The van der Waals surface area contributed by atoms with Crippen LogP contribution in [0.15, 0.2) is 46.3 Å². The van der Waals surface area contributed by atoms with Gasteiger partial charge in [0.15, 0.2) is 5.16 Å². The molecule has 4 rings (SSSR count). The highest BCUT2D eigenvalue weighted by atomic mass is 35.5. The molecule has 0 aliphatic heterocycles. The molecule has 0 amide bonds. The maximum atomic E-state index is 12.9. The summed E-state index contributed by atoms with van der Waals surface area (Å²) >= 11 is 9.16. The molecule has 0 bridgehead atoms. The average molecular weight is 421 g/mol. The summed E-state index contributed by atoms with van der Waals surface area (Å²) in [5, 5.41) is 10.1. The lowest BCUT2D eigenvalue weighted by molar-refractivity contribution is 0.190. The minimum Gasteiger partial charge on any atom is -0.385 e. The van der Waals surface area contributed by atoms with E-state index in [1.54, 1.807) is 34.8 Å². The Kier molecular flexibility index (Phi) is 5.49. The molecule has 3 heterocycles. The lowest BCUT2D eigenvalue weighted by Crippen LogP contribution is -2.24. The van der Waals surface area contributed by atoms with Gasteiger partial charge in [0.25, 0.3) is 5.56 Å². The van der Waals surface area contributed by atoms with Gasteiger partial charge in [-0.1, -0.05) is 35.5 Å². The second-order valence-corrected chi connectivity index (χ2v) is 8.67. The quantitative estimate of drug-likeness (QED) is 0.333. The van der Waals surface area contributed by atoms with Crippen molar-refractivity contribution in [3.8, 4) is 0 Å². The average Bonchev–Trinajstić information content (AvgIpc) is 3.29. The van der Waals surface area contributed by atoms with E-state index in [1.807, 2.05) is 40.8 Å². The summed E-state index contributed by atoms with van der Waals surface area (Å²) in [6, 6.07) is 11.5. The number of methoxy groups -OCH3 is 1. The third-order valence-electron chi connectivity index (χ3n) is 4.18. The molecule has 3 aromatic heterocycles. The topological polar surface area (TPSA) is 61.4 Å². The van der Waals surface area contributed by atoms with Crippen LogP contribution >= 0.6 is 34.7 Å². The maximum Gasteiger partial charge on any atom is 0.262 e. The van der Waals surface area contributed by atoms with Crippen molar-refractivity contribution in [2.24, 2.45) is 0 Å². The van der Waals surface area contributed by atoms with Crippen LogP contribution in [0.1, 0.15) is 11.3 Å². The van der Waals surface area contributed by atoms with Crippen LogP contribution in [0.4, 0.5) is 0 Å². The Morgan fingerprint density at radius 2 is 2.07 bits per heavy atom. The molecular formula is C18H17ClN4O2S2. The first-order valence-corrected chi connectivity index (χ1v) is 10.6. The molecule has 0 atom stereocenters. The van der Waals surface area contributed by atoms with E-state index in [1.165, 1.54) is 4.88 Å². The molecule has 0 aliphatic rings. The summed E-state index contributed by atoms with van der Waals surface area (Å²) in [4.78, 5) is 14.1. The van der Waals surface area contributed by atoms with Crippen LogP contribution in [-0.4, -0.2) is 32.9 Å². The van der Waals surface area contributed by atoms with Crippen molar-refractivity contribution in [3.63, 3.8) is 0 Å². The minimum absolute atomic E-state index is 0.0526. The van der Waals surface area contributed by atoms with E-state index in [-0.39, 0.29) is 5.56 Å². The molecule has 140 valence electrons. The Hall–Kier alpha value is -1.87. The molecule has 0 radical (unpaired) electrons. The zero-order valence-corrected chi connectivity index (χ0v) is 17.0. The van der Waals surface area contributed by atoms with E-state index in [0.717, 1.165) is 27.2 Å². The molecule has 6 nitrogen and oxygen atoms in total. The number of aromatic nitrogens is 4. The Morgan fingerprint density at radius 3 is 2.85 bits per heavy atom. The van der Waals surface area contributed by atoms with Gasteiger partial charge in [-0.15, -0.1) is 21.5 Å². The molecular weight excluding hydrogens is 404 g/mol. The van der Waals surface area contributed by atoms with Crippen LogP contribution in [0, 0.1) is 0 Å². The highest BCUT2D eigenvalue weighted by molar-refractivity contribution is 7.98. The third-order valence-corrected chi connectivity index (χ3v) is 6.57. The number of para-hydroxylation sites is 1. The van der Waals surface area contributed by atoms with Crippen molar-refractivity contribution in [1.29, 1.82) is 0 Å². The molecule has 0 N–H and O–H groups in total. The van der Waals surface area contributed by atoms with Crippen molar-refractivity contribution in [2.75, 3.05) is 13.7 Å². The molecule has 0 spiro atoms. The molecule has 9 heteroatoms. The van der Waals surface area contributed by atoms with Gasteiger partial charge in [0.2, 0.25) is 5.78 Å². The zero-order valence-electron chi connectivity index (χ0n) is 14.6. The van der Waals surface area contributed by atoms with E-state index in [0.29, 0.717) is 24.3 Å². The first-order valence-electron chi connectivity index (χ1n) is 8.41. The normalized spacial score (nSPS) is 11.6. The lowest BCUT2D eigenvalue weighted by Gasteiger charge is -2.11. The summed E-state index contributed by atoms with van der Waals surface area (Å²) in [7, 11) is 1.65. The minimum atomic E-state index is -0.0526. The number of benzene rings is 1. The molecule has 0 saturated heterocycles. The van der Waals surface area contributed by atoms with E-state index in [9.17, 15) is 4.79 Å². The molecule has 27 heavy (non-hydrogen) atoms. The van der Waals surface area contributed by atoms with Crippen molar-refractivity contribution in [2.45, 2.75) is 23.9 Å². The van der Waals surface area contributed by atoms with Gasteiger partial charge in [0.1, 0.15) is 0 Å². The van der Waals surface area contributed by atoms with Crippen LogP contribution < -0.4 is 5.56 Å². The van der Waals surface area contributed by atoms with E-state index in [2.05, 4.69) is 10.2 Å². The summed E-state index contributed by atoms with van der Waals surface area (Å²) < 4.78 is 9.54. The van der Waals surface area contributed by atoms with Gasteiger partial charge >= 0.3 is 0 Å². The fourth-order valence-corrected chi connectivity index (χ4v) is 5.03. The van der Waals surface area contributed by atoms with E-state index < -0.39 is 0 Å². The predicted molar refractivity (Wildman–Crippen MR) is 110 cm³/mol.